The van der Waals surface area contributed by atoms with Crippen molar-refractivity contribution in [2.75, 3.05) is 13.2 Å². The zero-order valence-electron chi connectivity index (χ0n) is 12.4. The lowest BCUT2D eigenvalue weighted by Gasteiger charge is -2.39. The van der Waals surface area contributed by atoms with E-state index in [1.54, 1.807) is 0 Å². The predicted molar refractivity (Wildman–Crippen MR) is 75.0 cm³/mol. The molecule has 1 amide bonds. The highest BCUT2D eigenvalue weighted by molar-refractivity contribution is 5.85. The molecule has 0 aromatic heterocycles. The molecule has 10 nitrogen and oxygen atoms in total. The number of nitrogens with one attached hydrogen (secondary N) is 2. The van der Waals surface area contributed by atoms with Gasteiger partial charge in [0.2, 0.25) is 0 Å². The molecule has 1 saturated heterocycles. The molecule has 1 aliphatic carbocycles. The van der Waals surface area contributed by atoms with Crippen molar-refractivity contribution in [1.82, 2.24) is 10.6 Å². The summed E-state index contributed by atoms with van der Waals surface area (Å²) in [6, 6.07) is -1.44. The van der Waals surface area contributed by atoms with Crippen LogP contribution < -0.4 is 10.6 Å². The molecule has 0 unspecified atom stereocenters. The molecule has 0 aromatic carbocycles. The third-order valence-electron chi connectivity index (χ3n) is 4.59. The Labute approximate surface area is 132 Å². The highest BCUT2D eigenvalue weighted by Gasteiger charge is 2.48. The fourth-order valence-corrected chi connectivity index (χ4v) is 3.11. The normalized spacial score (nSPS) is 47.5. The SMILES string of the molecule is O=C(NC[C@H]1N[C@H](CO)[C@@H](O)[C@@H]1O)C1(O)C[C@H](O)C(O)[C@@H](O)C1. The van der Waals surface area contributed by atoms with Gasteiger partial charge in [0.1, 0.15) is 11.7 Å². The molecule has 1 saturated carbocycles. The number of amides is 1. The van der Waals surface area contributed by atoms with E-state index in [0.717, 1.165) is 0 Å². The van der Waals surface area contributed by atoms with Gasteiger partial charge in [0.05, 0.1) is 43.1 Å². The first-order chi connectivity index (χ1) is 10.7. The minimum atomic E-state index is -2.05. The van der Waals surface area contributed by atoms with Crippen molar-refractivity contribution in [3.63, 3.8) is 0 Å². The molecule has 0 radical (unpaired) electrons. The van der Waals surface area contributed by atoms with Crippen LogP contribution in [0.2, 0.25) is 0 Å². The zero-order chi connectivity index (χ0) is 17.4. The van der Waals surface area contributed by atoms with Gasteiger partial charge in [-0.15, -0.1) is 0 Å². The van der Waals surface area contributed by atoms with Crippen LogP contribution in [0.3, 0.4) is 0 Å². The van der Waals surface area contributed by atoms with Gasteiger partial charge in [-0.05, 0) is 0 Å². The Morgan fingerprint density at radius 2 is 1.52 bits per heavy atom. The number of carbonyl (C=O) groups is 1. The topological polar surface area (TPSA) is 183 Å². The van der Waals surface area contributed by atoms with E-state index in [9.17, 15) is 35.4 Å². The minimum Gasteiger partial charge on any atom is -0.395 e. The van der Waals surface area contributed by atoms with Crippen molar-refractivity contribution < 1.29 is 40.5 Å². The highest BCUT2D eigenvalue weighted by atomic mass is 16.4. The quantitative estimate of drug-likeness (QED) is 0.242. The van der Waals surface area contributed by atoms with Gasteiger partial charge in [-0.3, -0.25) is 4.79 Å². The maximum Gasteiger partial charge on any atom is 0.252 e. The van der Waals surface area contributed by atoms with Crippen molar-refractivity contribution in [3.05, 3.63) is 0 Å². The molecule has 2 aliphatic rings. The first kappa shape index (κ1) is 18.5. The summed E-state index contributed by atoms with van der Waals surface area (Å²) in [6.45, 7) is -0.520. The summed E-state index contributed by atoms with van der Waals surface area (Å²) in [5.41, 5.74) is -2.05. The molecule has 6 atom stereocenters. The van der Waals surface area contributed by atoms with Crippen LogP contribution in [0.15, 0.2) is 0 Å². The maximum absolute atomic E-state index is 12.1. The van der Waals surface area contributed by atoms with Crippen molar-refractivity contribution in [3.8, 4) is 0 Å². The third kappa shape index (κ3) is 3.64. The fourth-order valence-electron chi connectivity index (χ4n) is 3.11. The summed E-state index contributed by atoms with van der Waals surface area (Å²) in [5.74, 6) is -0.863. The second kappa shape index (κ2) is 6.95. The molecule has 134 valence electrons. The van der Waals surface area contributed by atoms with Crippen LogP contribution >= 0.6 is 0 Å². The standard InChI is InChI=1S/C13H24N2O8/c16-4-6-10(20)9(19)5(15-6)3-14-12(22)13(23)1-7(17)11(21)8(18)2-13/h5-11,15-21,23H,1-4H2,(H,14,22)/t5-,6-,7+,8+,9-,10-,11?,13?/m1/s1. The van der Waals surface area contributed by atoms with Crippen LogP contribution in [0, 0.1) is 0 Å². The van der Waals surface area contributed by atoms with E-state index in [0.29, 0.717) is 0 Å². The molecule has 23 heavy (non-hydrogen) atoms. The van der Waals surface area contributed by atoms with Crippen LogP contribution in [-0.2, 0) is 4.79 Å². The Kier molecular flexibility index (Phi) is 5.59. The smallest absolute Gasteiger partial charge is 0.252 e. The largest absolute Gasteiger partial charge is 0.395 e. The molecule has 0 spiro atoms. The van der Waals surface area contributed by atoms with Gasteiger partial charge in [0.15, 0.2) is 0 Å². The summed E-state index contributed by atoms with van der Waals surface area (Å²) in [6.07, 6.45) is -7.55. The number of hydrogen-bond acceptors (Lipinski definition) is 9. The lowest BCUT2D eigenvalue weighted by atomic mass is 9.79. The van der Waals surface area contributed by atoms with Gasteiger partial charge in [0, 0.05) is 19.4 Å². The Bertz CT molecular complexity index is 424. The molecule has 10 heteroatoms. The van der Waals surface area contributed by atoms with E-state index < -0.39 is 67.0 Å². The van der Waals surface area contributed by atoms with Gasteiger partial charge in [0.25, 0.3) is 5.91 Å². The minimum absolute atomic E-state index is 0.134. The number of carbonyl (C=O) groups excluding carboxylic acids is 1. The molecular weight excluding hydrogens is 312 g/mol. The lowest BCUT2D eigenvalue weighted by Crippen LogP contribution is -2.60. The van der Waals surface area contributed by atoms with E-state index in [1.165, 1.54) is 0 Å². The molecule has 1 aliphatic heterocycles. The summed E-state index contributed by atoms with van der Waals surface area (Å²) >= 11 is 0. The van der Waals surface area contributed by atoms with Crippen molar-refractivity contribution in [1.29, 1.82) is 0 Å². The summed E-state index contributed by atoms with van der Waals surface area (Å²) in [7, 11) is 0. The third-order valence-corrected chi connectivity index (χ3v) is 4.59. The molecule has 2 fully saturated rings. The van der Waals surface area contributed by atoms with Gasteiger partial charge in [-0.25, -0.2) is 0 Å². The molecule has 0 bridgehead atoms. The van der Waals surface area contributed by atoms with Crippen molar-refractivity contribution in [2.24, 2.45) is 0 Å². The lowest BCUT2D eigenvalue weighted by molar-refractivity contribution is -0.173. The van der Waals surface area contributed by atoms with Gasteiger partial charge >= 0.3 is 0 Å². The van der Waals surface area contributed by atoms with Gasteiger partial charge in [-0.1, -0.05) is 0 Å². The van der Waals surface area contributed by atoms with E-state index >= 15 is 0 Å². The first-order valence-electron chi connectivity index (χ1n) is 7.47. The molecule has 2 rings (SSSR count). The Hall–Kier alpha value is -0.850. The average molecular weight is 336 g/mol. The van der Waals surface area contributed by atoms with E-state index in [2.05, 4.69) is 10.6 Å². The summed E-state index contributed by atoms with van der Waals surface area (Å²) < 4.78 is 0. The maximum atomic E-state index is 12.1. The van der Waals surface area contributed by atoms with Crippen LogP contribution in [0.4, 0.5) is 0 Å². The van der Waals surface area contributed by atoms with Gasteiger partial charge in [-0.2, -0.15) is 0 Å². The Morgan fingerprint density at radius 1 is 1.00 bits per heavy atom. The van der Waals surface area contributed by atoms with E-state index in [1.807, 2.05) is 0 Å². The number of hydrogen-bond donors (Lipinski definition) is 9. The summed E-state index contributed by atoms with van der Waals surface area (Å²) in [4.78, 5) is 12.1. The molecule has 9 N–H and O–H groups in total. The summed E-state index contributed by atoms with van der Waals surface area (Å²) in [5, 5.41) is 72.5. The van der Waals surface area contributed by atoms with Crippen LogP contribution in [-0.4, -0.2) is 103 Å². The van der Waals surface area contributed by atoms with Crippen molar-refractivity contribution in [2.45, 2.75) is 61.0 Å². The zero-order valence-corrected chi connectivity index (χ0v) is 12.4. The highest BCUT2D eigenvalue weighted by Crippen LogP contribution is 2.29. The number of aliphatic hydroxyl groups is 7. The molecule has 1 heterocycles. The number of rotatable bonds is 4. The monoisotopic (exact) mass is 336 g/mol. The Balaban J connectivity index is 1.92. The van der Waals surface area contributed by atoms with E-state index in [-0.39, 0.29) is 13.2 Å². The second-order valence-corrected chi connectivity index (χ2v) is 6.32. The predicted octanol–water partition coefficient (Wildman–Crippen LogP) is -5.24. The van der Waals surface area contributed by atoms with Crippen LogP contribution in [0.5, 0.6) is 0 Å². The fraction of sp³-hybridized carbons (Fsp3) is 0.923. The van der Waals surface area contributed by atoms with Crippen LogP contribution in [0.25, 0.3) is 0 Å². The van der Waals surface area contributed by atoms with Crippen LogP contribution in [0.1, 0.15) is 12.8 Å². The first-order valence-corrected chi connectivity index (χ1v) is 7.47. The average Bonchev–Trinajstić information content (AvgIpc) is 2.77. The Morgan fingerprint density at radius 3 is 2.00 bits per heavy atom. The van der Waals surface area contributed by atoms with Crippen molar-refractivity contribution >= 4 is 5.91 Å². The molecule has 0 aromatic rings. The van der Waals surface area contributed by atoms with E-state index in [4.69, 9.17) is 5.11 Å². The number of aliphatic hydroxyl groups excluding tert-OH is 6. The second-order valence-electron chi connectivity index (χ2n) is 6.32. The van der Waals surface area contributed by atoms with Gasteiger partial charge < -0.3 is 46.4 Å². The molecular formula is C13H24N2O8.